The van der Waals surface area contributed by atoms with Crippen molar-refractivity contribution in [1.29, 1.82) is 0 Å². The molecule has 2 fully saturated rings. The molecule has 1 aromatic carbocycles. The monoisotopic (exact) mass is 216 g/mol. The molecule has 1 saturated heterocycles. The van der Waals surface area contributed by atoms with Crippen molar-refractivity contribution in [3.05, 3.63) is 35.9 Å². The summed E-state index contributed by atoms with van der Waals surface area (Å²) in [5, 5.41) is 0. The summed E-state index contributed by atoms with van der Waals surface area (Å²) in [5.41, 5.74) is 0.182. The molecule has 3 nitrogen and oxygen atoms in total. The molecule has 82 valence electrons. The lowest BCUT2D eigenvalue weighted by molar-refractivity contribution is -0.151. The zero-order valence-electron chi connectivity index (χ0n) is 8.97. The fourth-order valence-corrected chi connectivity index (χ4v) is 2.68. The number of hydrogen-bond donors (Lipinski definition) is 0. The zero-order chi connectivity index (χ0) is 11.3. The van der Waals surface area contributed by atoms with Gasteiger partial charge in [0.2, 0.25) is 0 Å². The first-order valence-corrected chi connectivity index (χ1v) is 5.43. The molecule has 1 heterocycles. The Morgan fingerprint density at radius 3 is 2.56 bits per heavy atom. The fraction of sp³-hybridized carbons (Fsp3) is 0.385. The lowest BCUT2D eigenvalue weighted by Crippen LogP contribution is -2.21. The molecule has 0 aromatic heterocycles. The van der Waals surface area contributed by atoms with Gasteiger partial charge < -0.3 is 4.74 Å². The van der Waals surface area contributed by atoms with E-state index in [9.17, 15) is 9.59 Å². The van der Waals surface area contributed by atoms with Crippen molar-refractivity contribution in [2.24, 2.45) is 11.3 Å². The lowest BCUT2D eigenvalue weighted by Gasteiger charge is -2.11. The third-order valence-corrected chi connectivity index (χ3v) is 3.73. The van der Waals surface area contributed by atoms with Crippen LogP contribution in [0.2, 0.25) is 0 Å². The molecule has 0 N–H and O–H groups in total. The number of Topliss-reactive ketones (excluding diaryl/α,β-unsaturated/α-hetero) is 1. The van der Waals surface area contributed by atoms with Crippen molar-refractivity contribution >= 4 is 11.8 Å². The SMILES string of the molecule is CC(=O)[C@@]12C[C@@H]1[C@@H](c1ccccc1)OC2=O. The van der Waals surface area contributed by atoms with E-state index < -0.39 is 5.41 Å². The van der Waals surface area contributed by atoms with Crippen molar-refractivity contribution < 1.29 is 14.3 Å². The van der Waals surface area contributed by atoms with Gasteiger partial charge in [-0.2, -0.15) is 0 Å². The highest BCUT2D eigenvalue weighted by Gasteiger charge is 2.73. The zero-order valence-corrected chi connectivity index (χ0v) is 8.97. The molecule has 3 atom stereocenters. The number of carbonyl (C=O) groups excluding carboxylic acids is 2. The summed E-state index contributed by atoms with van der Waals surface area (Å²) in [7, 11) is 0. The van der Waals surface area contributed by atoms with Crippen LogP contribution in [0.25, 0.3) is 0 Å². The Labute approximate surface area is 93.4 Å². The Morgan fingerprint density at radius 2 is 2.06 bits per heavy atom. The van der Waals surface area contributed by atoms with E-state index >= 15 is 0 Å². The number of rotatable bonds is 2. The molecule has 0 unspecified atom stereocenters. The maximum Gasteiger partial charge on any atom is 0.320 e. The predicted molar refractivity (Wildman–Crippen MR) is 56.5 cm³/mol. The summed E-state index contributed by atoms with van der Waals surface area (Å²) in [6.45, 7) is 1.48. The first-order chi connectivity index (χ1) is 7.66. The molecular weight excluding hydrogens is 204 g/mol. The maximum absolute atomic E-state index is 11.7. The van der Waals surface area contributed by atoms with Gasteiger partial charge in [-0.15, -0.1) is 0 Å². The van der Waals surface area contributed by atoms with Crippen LogP contribution in [0.1, 0.15) is 25.0 Å². The van der Waals surface area contributed by atoms with Crippen LogP contribution in [0.3, 0.4) is 0 Å². The topological polar surface area (TPSA) is 43.4 Å². The molecule has 1 aliphatic carbocycles. The van der Waals surface area contributed by atoms with Gasteiger partial charge in [0.15, 0.2) is 0 Å². The van der Waals surface area contributed by atoms with Gasteiger partial charge >= 0.3 is 5.97 Å². The first kappa shape index (κ1) is 9.58. The second-order valence-electron chi connectivity index (χ2n) is 4.57. The standard InChI is InChI=1S/C13H12O3/c1-8(14)13-7-10(13)11(16-12(13)15)9-5-3-2-4-6-9/h2-6,10-11H,7H2,1H3/t10-,11-,13+/m1/s1. The molecule has 0 bridgehead atoms. The van der Waals surface area contributed by atoms with E-state index in [-0.39, 0.29) is 23.8 Å². The summed E-state index contributed by atoms with van der Waals surface area (Å²) in [6.07, 6.45) is 0.429. The second kappa shape index (κ2) is 2.94. The molecule has 0 spiro atoms. The van der Waals surface area contributed by atoms with E-state index in [1.165, 1.54) is 6.92 Å². The summed E-state index contributed by atoms with van der Waals surface area (Å²) in [5.74, 6) is -0.334. The summed E-state index contributed by atoms with van der Waals surface area (Å²) in [4.78, 5) is 23.2. The Kier molecular flexibility index (Phi) is 1.76. The third kappa shape index (κ3) is 1.03. The van der Waals surface area contributed by atoms with Crippen molar-refractivity contribution in [3.63, 3.8) is 0 Å². The number of benzene rings is 1. The van der Waals surface area contributed by atoms with E-state index in [0.717, 1.165) is 5.56 Å². The molecule has 16 heavy (non-hydrogen) atoms. The normalized spacial score (nSPS) is 35.4. The van der Waals surface area contributed by atoms with Crippen molar-refractivity contribution in [3.8, 4) is 0 Å². The maximum atomic E-state index is 11.7. The van der Waals surface area contributed by atoms with Gasteiger partial charge in [0.05, 0.1) is 0 Å². The second-order valence-corrected chi connectivity index (χ2v) is 4.57. The molecule has 3 heteroatoms. The van der Waals surface area contributed by atoms with E-state index in [4.69, 9.17) is 4.74 Å². The highest BCUT2D eigenvalue weighted by Crippen LogP contribution is 2.65. The molecule has 0 radical (unpaired) electrons. The third-order valence-electron chi connectivity index (χ3n) is 3.73. The molecular formula is C13H12O3. The molecule has 1 saturated carbocycles. The number of carbonyl (C=O) groups is 2. The van der Waals surface area contributed by atoms with E-state index in [1.807, 2.05) is 30.3 Å². The molecule has 2 aliphatic rings. The minimum atomic E-state index is -0.805. The van der Waals surface area contributed by atoms with Gasteiger partial charge in [0, 0.05) is 5.92 Å². The average molecular weight is 216 g/mol. The Hall–Kier alpha value is -1.64. The summed E-state index contributed by atoms with van der Waals surface area (Å²) < 4.78 is 5.31. The number of hydrogen-bond acceptors (Lipinski definition) is 3. The number of cyclic esters (lactones) is 1. The van der Waals surface area contributed by atoms with Crippen LogP contribution in [-0.4, -0.2) is 11.8 Å². The van der Waals surface area contributed by atoms with Gasteiger partial charge in [0.25, 0.3) is 0 Å². The van der Waals surface area contributed by atoms with Crippen molar-refractivity contribution in [2.45, 2.75) is 19.4 Å². The number of esters is 1. The highest BCUT2D eigenvalue weighted by atomic mass is 16.6. The van der Waals surface area contributed by atoms with Crippen LogP contribution >= 0.6 is 0 Å². The van der Waals surface area contributed by atoms with Gasteiger partial charge in [0.1, 0.15) is 17.3 Å². The van der Waals surface area contributed by atoms with Crippen LogP contribution in [-0.2, 0) is 14.3 Å². The summed E-state index contributed by atoms with van der Waals surface area (Å²) >= 11 is 0. The molecule has 1 aliphatic heterocycles. The molecule has 1 aromatic rings. The Balaban J connectivity index is 1.94. The lowest BCUT2D eigenvalue weighted by atomic mass is 9.97. The smallest absolute Gasteiger partial charge is 0.320 e. The van der Waals surface area contributed by atoms with Crippen molar-refractivity contribution in [2.75, 3.05) is 0 Å². The largest absolute Gasteiger partial charge is 0.456 e. The Bertz CT molecular complexity index is 465. The number of fused-ring (bicyclic) bond motifs is 1. The van der Waals surface area contributed by atoms with Gasteiger partial charge in [-0.25, -0.2) is 0 Å². The van der Waals surface area contributed by atoms with E-state index in [0.29, 0.717) is 6.42 Å². The van der Waals surface area contributed by atoms with Crippen molar-refractivity contribution in [1.82, 2.24) is 0 Å². The number of ketones is 1. The van der Waals surface area contributed by atoms with E-state index in [2.05, 4.69) is 0 Å². The van der Waals surface area contributed by atoms with Gasteiger partial charge in [-0.3, -0.25) is 9.59 Å². The molecule has 3 rings (SSSR count). The first-order valence-electron chi connectivity index (χ1n) is 5.43. The van der Waals surface area contributed by atoms with Gasteiger partial charge in [-0.1, -0.05) is 30.3 Å². The number of ether oxygens (including phenoxy) is 1. The van der Waals surface area contributed by atoms with Crippen LogP contribution in [0.15, 0.2) is 30.3 Å². The minimum Gasteiger partial charge on any atom is -0.456 e. The van der Waals surface area contributed by atoms with Crippen LogP contribution in [0.5, 0.6) is 0 Å². The average Bonchev–Trinajstić information content (AvgIpc) is 2.97. The van der Waals surface area contributed by atoms with Gasteiger partial charge in [-0.05, 0) is 18.9 Å². The fourth-order valence-electron chi connectivity index (χ4n) is 2.68. The highest BCUT2D eigenvalue weighted by molar-refractivity contribution is 6.08. The van der Waals surface area contributed by atoms with Crippen LogP contribution in [0, 0.1) is 11.3 Å². The minimum absolute atomic E-state index is 0.0547. The Morgan fingerprint density at radius 1 is 1.38 bits per heavy atom. The van der Waals surface area contributed by atoms with Crippen LogP contribution in [0.4, 0.5) is 0 Å². The summed E-state index contributed by atoms with van der Waals surface area (Å²) in [6, 6.07) is 9.63. The molecule has 0 amide bonds. The van der Waals surface area contributed by atoms with E-state index in [1.54, 1.807) is 0 Å². The van der Waals surface area contributed by atoms with Crippen LogP contribution < -0.4 is 0 Å². The predicted octanol–water partition coefficient (Wildman–Crippen LogP) is 1.88. The quantitative estimate of drug-likeness (QED) is 0.560.